The van der Waals surface area contributed by atoms with Crippen LogP contribution in [0.25, 0.3) is 0 Å². The second-order valence-electron chi connectivity index (χ2n) is 5.90. The molecule has 2 aliphatic rings. The molecule has 0 radical (unpaired) electrons. The molecule has 0 bridgehead atoms. The van der Waals surface area contributed by atoms with Crippen LogP contribution in [0.3, 0.4) is 0 Å². The molecule has 0 atom stereocenters. The normalized spacial score (nSPS) is 15.7. The molecule has 0 fully saturated rings. The first-order valence-corrected chi connectivity index (χ1v) is 9.30. The maximum Gasteiger partial charge on any atom is 0.339 e. The minimum absolute atomic E-state index is 0.00978. The molecular formula is C17H14FNO6S. The van der Waals surface area contributed by atoms with E-state index in [0.717, 1.165) is 16.4 Å². The predicted octanol–water partition coefficient (Wildman–Crippen LogP) is 2.05. The van der Waals surface area contributed by atoms with Gasteiger partial charge in [0.15, 0.2) is 11.5 Å². The van der Waals surface area contributed by atoms with E-state index in [-0.39, 0.29) is 47.4 Å². The van der Waals surface area contributed by atoms with Crippen LogP contribution < -0.4 is 13.8 Å². The number of halogens is 1. The molecular weight excluding hydrogens is 365 g/mol. The first kappa shape index (κ1) is 16.6. The number of anilines is 1. The molecule has 0 unspecified atom stereocenters. The lowest BCUT2D eigenvalue weighted by atomic mass is 10.2. The maximum atomic E-state index is 13.6. The number of rotatable bonds is 3. The first-order valence-electron chi connectivity index (χ1n) is 7.86. The molecule has 1 N–H and O–H groups in total. The summed E-state index contributed by atoms with van der Waals surface area (Å²) in [6, 6.07) is 6.28. The second-order valence-corrected chi connectivity index (χ2v) is 7.76. The van der Waals surface area contributed by atoms with Gasteiger partial charge in [0.05, 0.1) is 10.6 Å². The monoisotopic (exact) mass is 379 g/mol. The minimum atomic E-state index is -4.09. The van der Waals surface area contributed by atoms with Gasteiger partial charge in [0.1, 0.15) is 24.6 Å². The van der Waals surface area contributed by atoms with Crippen LogP contribution in [0.15, 0.2) is 35.2 Å². The lowest BCUT2D eigenvalue weighted by Gasteiger charge is -2.23. The predicted molar refractivity (Wildman–Crippen MR) is 89.0 cm³/mol. The number of nitrogens with zero attached hydrogens (tertiary/aromatic N) is 1. The molecule has 0 saturated carbocycles. The summed E-state index contributed by atoms with van der Waals surface area (Å²) in [6.45, 7) is 0.517. The fourth-order valence-electron chi connectivity index (χ4n) is 3.14. The van der Waals surface area contributed by atoms with Crippen LogP contribution in [-0.4, -0.2) is 39.3 Å². The van der Waals surface area contributed by atoms with Gasteiger partial charge in [-0.2, -0.15) is 0 Å². The fraction of sp³-hybridized carbons (Fsp3) is 0.235. The average molecular weight is 379 g/mol. The summed E-state index contributed by atoms with van der Waals surface area (Å²) in [5, 5.41) is 9.40. The molecule has 4 rings (SSSR count). The Labute approximate surface area is 148 Å². The number of hydrogen-bond donors (Lipinski definition) is 1. The van der Waals surface area contributed by atoms with Gasteiger partial charge in [-0.25, -0.2) is 17.6 Å². The zero-order chi connectivity index (χ0) is 18.5. The van der Waals surface area contributed by atoms with Gasteiger partial charge in [0.2, 0.25) is 0 Å². The Bertz CT molecular complexity index is 1020. The zero-order valence-corrected chi connectivity index (χ0v) is 14.3. The first-order chi connectivity index (χ1) is 12.4. The molecule has 0 aliphatic carbocycles. The lowest BCUT2D eigenvalue weighted by molar-refractivity contribution is 0.0685. The van der Waals surface area contributed by atoms with Crippen LogP contribution in [0.5, 0.6) is 11.5 Å². The summed E-state index contributed by atoms with van der Waals surface area (Å²) in [4.78, 5) is 11.3. The minimum Gasteiger partial charge on any atom is -0.486 e. The summed E-state index contributed by atoms with van der Waals surface area (Å²) >= 11 is 0. The van der Waals surface area contributed by atoms with Gasteiger partial charge in [-0.1, -0.05) is 6.07 Å². The highest BCUT2D eigenvalue weighted by Gasteiger charge is 2.34. The summed E-state index contributed by atoms with van der Waals surface area (Å²) in [6.07, 6.45) is 0.450. The van der Waals surface area contributed by atoms with Gasteiger partial charge in [0, 0.05) is 12.6 Å². The largest absolute Gasteiger partial charge is 0.486 e. The molecule has 136 valence electrons. The molecule has 0 amide bonds. The van der Waals surface area contributed by atoms with E-state index in [1.165, 1.54) is 12.1 Å². The summed E-state index contributed by atoms with van der Waals surface area (Å²) in [7, 11) is -4.09. The second kappa shape index (κ2) is 5.87. The van der Waals surface area contributed by atoms with E-state index in [4.69, 9.17) is 9.47 Å². The number of carboxylic acids is 1. The van der Waals surface area contributed by atoms with Gasteiger partial charge < -0.3 is 14.6 Å². The van der Waals surface area contributed by atoms with Crippen LogP contribution in [0.4, 0.5) is 10.1 Å². The van der Waals surface area contributed by atoms with E-state index in [1.807, 2.05) is 0 Å². The smallest absolute Gasteiger partial charge is 0.339 e. The van der Waals surface area contributed by atoms with Crippen LogP contribution in [0, 0.1) is 5.82 Å². The Morgan fingerprint density at radius 1 is 1.15 bits per heavy atom. The third kappa shape index (κ3) is 2.55. The van der Waals surface area contributed by atoms with Crippen LogP contribution in [-0.2, 0) is 16.4 Å². The Morgan fingerprint density at radius 3 is 2.69 bits per heavy atom. The van der Waals surface area contributed by atoms with E-state index in [9.17, 15) is 22.7 Å². The Kier molecular flexibility index (Phi) is 3.76. The molecule has 2 aliphatic heterocycles. The number of hydrogen-bond acceptors (Lipinski definition) is 5. The molecule has 2 aromatic carbocycles. The molecule has 9 heteroatoms. The van der Waals surface area contributed by atoms with Crippen LogP contribution in [0.2, 0.25) is 0 Å². The van der Waals surface area contributed by atoms with Crippen molar-refractivity contribution in [2.75, 3.05) is 24.1 Å². The van der Waals surface area contributed by atoms with Gasteiger partial charge >= 0.3 is 5.97 Å². The van der Waals surface area contributed by atoms with E-state index < -0.39 is 21.8 Å². The van der Waals surface area contributed by atoms with Crippen LogP contribution in [0.1, 0.15) is 15.9 Å². The van der Waals surface area contributed by atoms with Crippen molar-refractivity contribution in [3.05, 3.63) is 47.3 Å². The number of ether oxygens (including phenoxy) is 2. The molecule has 0 spiro atoms. The molecule has 2 aromatic rings. The molecule has 0 aromatic heterocycles. The van der Waals surface area contributed by atoms with Crippen molar-refractivity contribution in [2.45, 2.75) is 11.3 Å². The Morgan fingerprint density at radius 2 is 1.92 bits per heavy atom. The standard InChI is InChI=1S/C17H14FNO6S/c18-11-2-1-10-3-4-19(14(10)7-11)26(22,23)12-8-13(17(20)21)16-15(9-12)24-5-6-25-16/h1-2,7-9H,3-6H2,(H,20,21). The van der Waals surface area contributed by atoms with Gasteiger partial charge in [-0.3, -0.25) is 4.31 Å². The number of sulfonamides is 1. The average Bonchev–Trinajstić information content (AvgIpc) is 3.04. The Balaban J connectivity index is 1.84. The number of benzene rings is 2. The summed E-state index contributed by atoms with van der Waals surface area (Å²) < 4.78 is 51.5. The summed E-state index contributed by atoms with van der Waals surface area (Å²) in [5.41, 5.74) is 0.683. The van der Waals surface area contributed by atoms with Gasteiger partial charge in [-0.15, -0.1) is 0 Å². The van der Waals surface area contributed by atoms with E-state index in [1.54, 1.807) is 6.07 Å². The highest BCUT2D eigenvalue weighted by Crippen LogP contribution is 2.39. The van der Waals surface area contributed by atoms with Crippen molar-refractivity contribution in [2.24, 2.45) is 0 Å². The highest BCUT2D eigenvalue weighted by atomic mass is 32.2. The Hall–Kier alpha value is -2.81. The van der Waals surface area contributed by atoms with Crippen molar-refractivity contribution < 1.29 is 32.2 Å². The van der Waals surface area contributed by atoms with Crippen molar-refractivity contribution in [1.82, 2.24) is 0 Å². The quantitative estimate of drug-likeness (QED) is 0.877. The molecule has 2 heterocycles. The van der Waals surface area contributed by atoms with E-state index in [2.05, 4.69) is 0 Å². The van der Waals surface area contributed by atoms with Gasteiger partial charge in [0.25, 0.3) is 10.0 Å². The number of aromatic carboxylic acids is 1. The number of carboxylic acid groups (broad SMARTS) is 1. The van der Waals surface area contributed by atoms with E-state index in [0.29, 0.717) is 12.0 Å². The number of fused-ring (bicyclic) bond motifs is 2. The topological polar surface area (TPSA) is 93.1 Å². The summed E-state index contributed by atoms with van der Waals surface area (Å²) in [5.74, 6) is -1.79. The maximum absolute atomic E-state index is 13.6. The SMILES string of the molecule is O=C(O)c1cc(S(=O)(=O)N2CCc3ccc(F)cc32)cc2c1OCCO2. The van der Waals surface area contributed by atoms with E-state index >= 15 is 0 Å². The number of carbonyl (C=O) groups is 1. The third-order valence-electron chi connectivity index (χ3n) is 4.33. The van der Waals surface area contributed by atoms with Crippen LogP contribution >= 0.6 is 0 Å². The zero-order valence-electron chi connectivity index (χ0n) is 13.4. The van der Waals surface area contributed by atoms with Crippen molar-refractivity contribution in [3.63, 3.8) is 0 Å². The third-order valence-corrected chi connectivity index (χ3v) is 6.13. The molecule has 0 saturated heterocycles. The van der Waals surface area contributed by atoms with Gasteiger partial charge in [-0.05, 0) is 30.2 Å². The molecule has 26 heavy (non-hydrogen) atoms. The molecule has 7 nitrogen and oxygen atoms in total. The lowest BCUT2D eigenvalue weighted by Crippen LogP contribution is -2.29. The fourth-order valence-corrected chi connectivity index (χ4v) is 4.67. The van der Waals surface area contributed by atoms with Crippen molar-refractivity contribution in [3.8, 4) is 11.5 Å². The van der Waals surface area contributed by atoms with Crippen molar-refractivity contribution in [1.29, 1.82) is 0 Å². The van der Waals surface area contributed by atoms with Crippen molar-refractivity contribution >= 4 is 21.7 Å². The highest BCUT2D eigenvalue weighted by molar-refractivity contribution is 7.92.